The largest absolute Gasteiger partial charge is 0.573 e. The molecule has 4 atom stereocenters. The lowest BCUT2D eigenvalue weighted by molar-refractivity contribution is -0.275. The highest BCUT2D eigenvalue weighted by Gasteiger charge is 2.49. The van der Waals surface area contributed by atoms with Crippen LogP contribution < -0.4 is 19.7 Å². The average Bonchev–Trinajstić information content (AvgIpc) is 3.54. The number of hydrogen-bond acceptors (Lipinski definition) is 8. The molecule has 0 unspecified atom stereocenters. The molecule has 0 spiro atoms. The van der Waals surface area contributed by atoms with Gasteiger partial charge >= 0.3 is 12.4 Å². The van der Waals surface area contributed by atoms with Gasteiger partial charge in [-0.25, -0.2) is 18.2 Å². The van der Waals surface area contributed by atoms with E-state index in [2.05, 4.69) is 31.8 Å². The molecule has 254 valence electrons. The van der Waals surface area contributed by atoms with Crippen LogP contribution in [0.1, 0.15) is 44.7 Å². The van der Waals surface area contributed by atoms with Crippen molar-refractivity contribution in [1.82, 2.24) is 25.2 Å². The standard InChI is InChI=1S/C34H34F6N6O2/c1-2-20-16-46-21(14-41-20)8-10-24-26-29(43-32(44-31(26)46)47-17-33-11-4-12-45(33)15-19(35)13-33)27(37)28(42-24)22-6-3-5-18-7-9-23(36)30(25(18)22)48-34(38,39)40/h3,5-7,9,19-21,41H,2,4,8,10-17H2,1H3/t19-,20-,21-,33+/m1/s1. The lowest BCUT2D eigenvalue weighted by atomic mass is 9.95. The Labute approximate surface area is 272 Å². The van der Waals surface area contributed by atoms with E-state index in [0.717, 1.165) is 31.9 Å². The Bertz CT molecular complexity index is 1910. The molecule has 0 aliphatic carbocycles. The molecule has 2 aromatic heterocycles. The Morgan fingerprint density at radius 3 is 2.73 bits per heavy atom. The Kier molecular flexibility index (Phi) is 7.59. The van der Waals surface area contributed by atoms with Crippen molar-refractivity contribution in [2.75, 3.05) is 37.7 Å². The first-order valence-electron chi connectivity index (χ1n) is 16.4. The van der Waals surface area contributed by atoms with Crippen molar-refractivity contribution in [3.8, 4) is 23.0 Å². The number of nitrogens with zero attached hydrogens (tertiary/aromatic N) is 5. The van der Waals surface area contributed by atoms with Gasteiger partial charge in [-0.05, 0) is 50.1 Å². The van der Waals surface area contributed by atoms with Crippen molar-refractivity contribution < 1.29 is 35.8 Å². The smallest absolute Gasteiger partial charge is 0.461 e. The van der Waals surface area contributed by atoms with Crippen LogP contribution in [0.2, 0.25) is 0 Å². The van der Waals surface area contributed by atoms with Crippen LogP contribution in [0.25, 0.3) is 32.9 Å². The van der Waals surface area contributed by atoms with Crippen LogP contribution in [0.15, 0.2) is 30.3 Å². The van der Waals surface area contributed by atoms with Gasteiger partial charge in [-0.1, -0.05) is 31.2 Å². The van der Waals surface area contributed by atoms with Crippen LogP contribution in [0.3, 0.4) is 0 Å². The maximum atomic E-state index is 17.0. The van der Waals surface area contributed by atoms with Gasteiger partial charge in [-0.2, -0.15) is 9.97 Å². The van der Waals surface area contributed by atoms with E-state index < -0.39 is 35.5 Å². The summed E-state index contributed by atoms with van der Waals surface area (Å²) in [6.45, 7) is 4.60. The molecule has 0 bridgehead atoms. The summed E-state index contributed by atoms with van der Waals surface area (Å²) in [5.41, 5.74) is -0.457. The molecule has 2 aromatic carbocycles. The first-order valence-corrected chi connectivity index (χ1v) is 16.4. The van der Waals surface area contributed by atoms with Gasteiger partial charge in [0.1, 0.15) is 29.8 Å². The van der Waals surface area contributed by atoms with Gasteiger partial charge in [0.05, 0.1) is 16.6 Å². The summed E-state index contributed by atoms with van der Waals surface area (Å²) in [6.07, 6.45) is -2.22. The number of nitrogens with one attached hydrogen (secondary N) is 1. The summed E-state index contributed by atoms with van der Waals surface area (Å²) in [4.78, 5) is 18.4. The lowest BCUT2D eigenvalue weighted by Gasteiger charge is -2.40. The summed E-state index contributed by atoms with van der Waals surface area (Å²) >= 11 is 0. The van der Waals surface area contributed by atoms with E-state index in [1.807, 2.05) is 0 Å². The Balaban J connectivity index is 1.31. The topological polar surface area (TPSA) is 75.6 Å². The highest BCUT2D eigenvalue weighted by molar-refractivity contribution is 6.03. The van der Waals surface area contributed by atoms with Gasteiger partial charge in [-0.15, -0.1) is 13.2 Å². The minimum absolute atomic E-state index is 0.00365. The number of fused-ring (bicyclic) bond motifs is 4. The number of rotatable bonds is 6. The first-order chi connectivity index (χ1) is 23.0. The molecular formula is C34H34F6N6O2. The minimum atomic E-state index is -5.19. The van der Waals surface area contributed by atoms with E-state index in [4.69, 9.17) is 14.7 Å². The molecule has 0 amide bonds. The number of piperazine rings is 1. The molecular weight excluding hydrogens is 638 g/mol. The van der Waals surface area contributed by atoms with Crippen molar-refractivity contribution in [1.29, 1.82) is 0 Å². The van der Waals surface area contributed by atoms with Crippen LogP contribution in [-0.4, -0.2) is 82.8 Å². The van der Waals surface area contributed by atoms with Gasteiger partial charge in [0.25, 0.3) is 0 Å². The maximum absolute atomic E-state index is 17.0. The highest BCUT2D eigenvalue weighted by atomic mass is 19.4. The van der Waals surface area contributed by atoms with Gasteiger partial charge in [0.15, 0.2) is 17.4 Å². The highest BCUT2D eigenvalue weighted by Crippen LogP contribution is 2.44. The SMILES string of the molecule is CC[C@@H]1CN2c3nc(OC[C@@]45CCCN4C[C@H](F)C5)nc4c(F)c(-c5cccc6ccc(F)c(OC(F)(F)F)c56)nc(c34)CC[C@@H]2CN1. The first kappa shape index (κ1) is 31.4. The number of ether oxygens (including phenoxy) is 2. The van der Waals surface area contributed by atoms with E-state index in [1.54, 1.807) is 6.07 Å². The summed E-state index contributed by atoms with van der Waals surface area (Å²) in [5, 5.41) is 3.92. The second kappa shape index (κ2) is 11.6. The van der Waals surface area contributed by atoms with Crippen LogP contribution in [-0.2, 0) is 6.42 Å². The molecule has 4 aromatic rings. The predicted molar refractivity (Wildman–Crippen MR) is 167 cm³/mol. The fraction of sp³-hybridized carbons (Fsp3) is 0.500. The zero-order valence-corrected chi connectivity index (χ0v) is 26.2. The van der Waals surface area contributed by atoms with Crippen LogP contribution >= 0.6 is 0 Å². The molecule has 14 heteroatoms. The van der Waals surface area contributed by atoms with E-state index >= 15 is 4.39 Å². The number of pyridine rings is 1. The molecule has 0 radical (unpaired) electrons. The lowest BCUT2D eigenvalue weighted by Crippen LogP contribution is -2.56. The quantitative estimate of drug-likeness (QED) is 0.234. The summed E-state index contributed by atoms with van der Waals surface area (Å²) < 4.78 is 97.3. The molecule has 4 aliphatic heterocycles. The molecule has 8 nitrogen and oxygen atoms in total. The van der Waals surface area contributed by atoms with Gasteiger partial charge in [-0.3, -0.25) is 4.90 Å². The van der Waals surface area contributed by atoms with Crippen LogP contribution in [0.4, 0.5) is 32.2 Å². The van der Waals surface area contributed by atoms with Crippen molar-refractivity contribution in [2.24, 2.45) is 0 Å². The zero-order valence-electron chi connectivity index (χ0n) is 26.2. The van der Waals surface area contributed by atoms with Crippen molar-refractivity contribution in [2.45, 2.75) is 75.6 Å². The third-order valence-corrected chi connectivity index (χ3v) is 10.5. The third-order valence-electron chi connectivity index (χ3n) is 10.5. The van der Waals surface area contributed by atoms with Crippen molar-refractivity contribution >= 4 is 27.5 Å². The zero-order chi connectivity index (χ0) is 33.4. The number of halogens is 6. The number of anilines is 1. The molecule has 4 aliphatic rings. The van der Waals surface area contributed by atoms with Gasteiger partial charge < -0.3 is 19.7 Å². The predicted octanol–water partition coefficient (Wildman–Crippen LogP) is 6.48. The second-order valence-electron chi connectivity index (χ2n) is 13.3. The second-order valence-corrected chi connectivity index (χ2v) is 13.3. The van der Waals surface area contributed by atoms with Gasteiger partial charge in [0.2, 0.25) is 0 Å². The fourth-order valence-corrected chi connectivity index (χ4v) is 8.18. The van der Waals surface area contributed by atoms with E-state index in [9.17, 15) is 22.0 Å². The molecule has 6 heterocycles. The number of hydrogen-bond donors (Lipinski definition) is 1. The van der Waals surface area contributed by atoms with Crippen molar-refractivity contribution in [3.63, 3.8) is 0 Å². The number of alkyl halides is 4. The Morgan fingerprint density at radius 2 is 1.92 bits per heavy atom. The van der Waals surface area contributed by atoms with Crippen LogP contribution in [0, 0.1) is 11.6 Å². The fourth-order valence-electron chi connectivity index (χ4n) is 8.18. The van der Waals surface area contributed by atoms with Crippen LogP contribution in [0.5, 0.6) is 11.8 Å². The molecule has 8 rings (SSSR count). The number of aromatic nitrogens is 3. The number of aryl methyl sites for hydroxylation is 1. The monoisotopic (exact) mass is 672 g/mol. The molecule has 0 saturated carbocycles. The average molecular weight is 673 g/mol. The molecule has 3 saturated heterocycles. The van der Waals surface area contributed by atoms with Gasteiger partial charge in [0, 0.05) is 49.1 Å². The number of benzene rings is 2. The summed E-state index contributed by atoms with van der Waals surface area (Å²) in [6, 6.07) is 6.71. The normalized spacial score (nSPS) is 25.7. The molecule has 1 N–H and O–H groups in total. The Morgan fingerprint density at radius 1 is 1.06 bits per heavy atom. The van der Waals surface area contributed by atoms with E-state index in [-0.39, 0.29) is 52.2 Å². The molecule has 3 fully saturated rings. The summed E-state index contributed by atoms with van der Waals surface area (Å²) in [7, 11) is 0. The third kappa shape index (κ3) is 5.27. The summed E-state index contributed by atoms with van der Waals surface area (Å²) in [5.74, 6) is -2.73. The van der Waals surface area contributed by atoms with Crippen molar-refractivity contribution in [3.05, 3.63) is 47.7 Å². The molecule has 48 heavy (non-hydrogen) atoms. The minimum Gasteiger partial charge on any atom is -0.461 e. The Hall–Kier alpha value is -3.91. The van der Waals surface area contributed by atoms with E-state index in [1.165, 1.54) is 18.2 Å². The maximum Gasteiger partial charge on any atom is 0.573 e. The van der Waals surface area contributed by atoms with E-state index in [0.29, 0.717) is 55.8 Å².